The molecule has 1 fully saturated rings. The molecule has 8 heteroatoms. The molecule has 0 saturated heterocycles. The third-order valence-electron chi connectivity index (χ3n) is 5.94. The number of hydrogen-bond donors (Lipinski definition) is 1. The summed E-state index contributed by atoms with van der Waals surface area (Å²) in [4.78, 5) is 6.69. The van der Waals surface area contributed by atoms with Gasteiger partial charge in [-0.1, -0.05) is 11.6 Å². The number of halogens is 3. The van der Waals surface area contributed by atoms with Gasteiger partial charge in [-0.05, 0) is 43.9 Å². The summed E-state index contributed by atoms with van der Waals surface area (Å²) >= 11 is 6.07. The topological polar surface area (TPSA) is 46.0 Å². The second kappa shape index (κ2) is 8.55. The second-order valence-corrected chi connectivity index (χ2v) is 8.64. The molecule has 162 valence electrons. The van der Waals surface area contributed by atoms with Crippen LogP contribution in [0.5, 0.6) is 0 Å². The Morgan fingerprint density at radius 1 is 1.13 bits per heavy atom. The highest BCUT2D eigenvalue weighted by Crippen LogP contribution is 2.33. The van der Waals surface area contributed by atoms with Crippen LogP contribution in [0, 0.1) is 11.6 Å². The van der Waals surface area contributed by atoms with Crippen LogP contribution >= 0.6 is 11.6 Å². The van der Waals surface area contributed by atoms with Crippen molar-refractivity contribution >= 4 is 17.3 Å². The molecule has 1 saturated carbocycles. The zero-order valence-electron chi connectivity index (χ0n) is 17.1. The fraction of sp³-hybridized carbons (Fsp3) is 0.391. The summed E-state index contributed by atoms with van der Waals surface area (Å²) < 4.78 is 30.2. The van der Waals surface area contributed by atoms with Crippen LogP contribution in [-0.2, 0) is 19.5 Å². The maximum absolute atomic E-state index is 14.4. The Labute approximate surface area is 185 Å². The van der Waals surface area contributed by atoms with E-state index in [1.54, 1.807) is 0 Å². The predicted molar refractivity (Wildman–Crippen MR) is 117 cm³/mol. The summed E-state index contributed by atoms with van der Waals surface area (Å²) in [7, 11) is 0. The highest BCUT2D eigenvalue weighted by molar-refractivity contribution is 6.31. The van der Waals surface area contributed by atoms with Gasteiger partial charge in [0, 0.05) is 54.8 Å². The molecule has 2 aliphatic rings. The van der Waals surface area contributed by atoms with Gasteiger partial charge in [0.15, 0.2) is 0 Å². The molecule has 1 aliphatic heterocycles. The monoisotopic (exact) mass is 443 g/mol. The molecule has 1 N–H and O–H groups in total. The number of fused-ring (bicyclic) bond motifs is 1. The van der Waals surface area contributed by atoms with Crippen LogP contribution in [0.15, 0.2) is 36.8 Å². The first-order valence-corrected chi connectivity index (χ1v) is 11.1. The molecule has 0 amide bonds. The van der Waals surface area contributed by atoms with Crippen molar-refractivity contribution in [3.8, 4) is 11.1 Å². The Bertz CT molecular complexity index is 1100. The van der Waals surface area contributed by atoms with Crippen LogP contribution < -0.4 is 10.2 Å². The standard InChI is InChI=1S/C23H24ClF2N5/c24-23-18(19(25)5-6-20(23)26)14-30-8-1-2-21-22(30)10-15(11-28-21)16-12-29-31(13-16)9-7-27-17-3-4-17/h5-6,10-13,17,27H,1-4,7-9,14H2. The average Bonchev–Trinajstić information content (AvgIpc) is 3.48. The molecule has 5 nitrogen and oxygen atoms in total. The number of hydrogen-bond acceptors (Lipinski definition) is 4. The predicted octanol–water partition coefficient (Wildman–Crippen LogP) is 4.58. The van der Waals surface area contributed by atoms with E-state index >= 15 is 0 Å². The lowest BCUT2D eigenvalue weighted by Crippen LogP contribution is -2.30. The van der Waals surface area contributed by atoms with E-state index in [2.05, 4.69) is 21.5 Å². The Hall–Kier alpha value is -2.51. The van der Waals surface area contributed by atoms with Crippen LogP contribution in [-0.4, -0.2) is 33.9 Å². The zero-order chi connectivity index (χ0) is 21.4. The quantitative estimate of drug-likeness (QED) is 0.543. The molecular formula is C23H24ClF2N5. The first-order chi connectivity index (χ1) is 15.1. The maximum atomic E-state index is 14.4. The maximum Gasteiger partial charge on any atom is 0.142 e. The fourth-order valence-electron chi connectivity index (χ4n) is 4.04. The summed E-state index contributed by atoms with van der Waals surface area (Å²) in [5, 5.41) is 7.80. The summed E-state index contributed by atoms with van der Waals surface area (Å²) in [6.45, 7) is 2.66. The van der Waals surface area contributed by atoms with E-state index < -0.39 is 11.6 Å². The first kappa shape index (κ1) is 20.4. The van der Waals surface area contributed by atoms with E-state index in [1.807, 2.05) is 28.2 Å². The Morgan fingerprint density at radius 2 is 1.97 bits per heavy atom. The van der Waals surface area contributed by atoms with Gasteiger partial charge < -0.3 is 10.2 Å². The van der Waals surface area contributed by atoms with Crippen molar-refractivity contribution in [2.45, 2.75) is 44.8 Å². The van der Waals surface area contributed by atoms with Gasteiger partial charge >= 0.3 is 0 Å². The number of anilines is 1. The number of benzene rings is 1. The lowest BCUT2D eigenvalue weighted by Gasteiger charge is -2.31. The van der Waals surface area contributed by atoms with E-state index in [-0.39, 0.29) is 17.1 Å². The summed E-state index contributed by atoms with van der Waals surface area (Å²) in [6.07, 6.45) is 10.0. The Balaban J connectivity index is 1.37. The minimum Gasteiger partial charge on any atom is -0.366 e. The van der Waals surface area contributed by atoms with Crippen molar-refractivity contribution in [3.05, 3.63) is 64.7 Å². The fourth-order valence-corrected chi connectivity index (χ4v) is 4.25. The average molecular weight is 444 g/mol. The molecule has 1 aliphatic carbocycles. The minimum atomic E-state index is -0.606. The van der Waals surface area contributed by atoms with Gasteiger partial charge in [-0.2, -0.15) is 5.10 Å². The molecule has 3 heterocycles. The van der Waals surface area contributed by atoms with Gasteiger partial charge in [-0.3, -0.25) is 9.67 Å². The molecule has 1 aromatic carbocycles. The van der Waals surface area contributed by atoms with Crippen LogP contribution in [0.3, 0.4) is 0 Å². The third-order valence-corrected chi connectivity index (χ3v) is 6.34. The molecule has 0 radical (unpaired) electrons. The lowest BCUT2D eigenvalue weighted by molar-refractivity contribution is 0.553. The highest BCUT2D eigenvalue weighted by Gasteiger charge is 2.23. The van der Waals surface area contributed by atoms with Crippen LogP contribution in [0.4, 0.5) is 14.5 Å². The van der Waals surface area contributed by atoms with Crippen molar-refractivity contribution in [3.63, 3.8) is 0 Å². The van der Waals surface area contributed by atoms with Crippen LogP contribution in [0.2, 0.25) is 5.02 Å². The number of aromatic nitrogens is 3. The minimum absolute atomic E-state index is 0.155. The SMILES string of the molecule is Fc1ccc(F)c(CN2CCCc3ncc(-c4cnn(CCNC5CC5)c4)cc32)c1Cl. The van der Waals surface area contributed by atoms with E-state index in [0.717, 1.165) is 67.1 Å². The van der Waals surface area contributed by atoms with E-state index in [0.29, 0.717) is 6.04 Å². The molecule has 5 rings (SSSR count). The molecule has 0 bridgehead atoms. The molecule has 2 aromatic heterocycles. The molecule has 3 aromatic rings. The van der Waals surface area contributed by atoms with E-state index in [1.165, 1.54) is 12.8 Å². The second-order valence-electron chi connectivity index (χ2n) is 8.26. The molecule has 0 spiro atoms. The van der Waals surface area contributed by atoms with Crippen LogP contribution in [0.1, 0.15) is 30.5 Å². The number of aryl methyl sites for hydroxylation is 1. The molecule has 31 heavy (non-hydrogen) atoms. The van der Waals surface area contributed by atoms with Gasteiger partial charge in [-0.25, -0.2) is 8.78 Å². The van der Waals surface area contributed by atoms with Gasteiger partial charge in [0.1, 0.15) is 11.6 Å². The molecule has 0 unspecified atom stereocenters. The van der Waals surface area contributed by atoms with Crippen molar-refractivity contribution in [1.29, 1.82) is 0 Å². The first-order valence-electron chi connectivity index (χ1n) is 10.7. The number of pyridine rings is 1. The van der Waals surface area contributed by atoms with Crippen molar-refractivity contribution in [2.75, 3.05) is 18.0 Å². The summed E-state index contributed by atoms with van der Waals surface area (Å²) in [5.74, 6) is -1.10. The van der Waals surface area contributed by atoms with Crippen LogP contribution in [0.25, 0.3) is 11.1 Å². The number of nitrogens with zero attached hydrogens (tertiary/aromatic N) is 4. The molecule has 0 atom stereocenters. The lowest BCUT2D eigenvalue weighted by atomic mass is 10.0. The van der Waals surface area contributed by atoms with Crippen molar-refractivity contribution in [2.24, 2.45) is 0 Å². The number of rotatable bonds is 7. The zero-order valence-corrected chi connectivity index (χ0v) is 17.9. The van der Waals surface area contributed by atoms with Gasteiger partial charge in [0.25, 0.3) is 0 Å². The molecular weight excluding hydrogens is 420 g/mol. The van der Waals surface area contributed by atoms with Gasteiger partial charge in [0.05, 0.1) is 29.1 Å². The van der Waals surface area contributed by atoms with Crippen molar-refractivity contribution < 1.29 is 8.78 Å². The van der Waals surface area contributed by atoms with Gasteiger partial charge in [0.2, 0.25) is 0 Å². The Morgan fingerprint density at radius 3 is 2.81 bits per heavy atom. The normalized spacial score (nSPS) is 15.9. The smallest absolute Gasteiger partial charge is 0.142 e. The highest BCUT2D eigenvalue weighted by atomic mass is 35.5. The van der Waals surface area contributed by atoms with E-state index in [9.17, 15) is 8.78 Å². The third kappa shape index (κ3) is 4.43. The van der Waals surface area contributed by atoms with Crippen molar-refractivity contribution in [1.82, 2.24) is 20.1 Å². The Kier molecular flexibility index (Phi) is 5.63. The van der Waals surface area contributed by atoms with Gasteiger partial charge in [-0.15, -0.1) is 0 Å². The summed E-state index contributed by atoms with van der Waals surface area (Å²) in [5.41, 5.74) is 4.02. The number of nitrogens with one attached hydrogen (secondary N) is 1. The largest absolute Gasteiger partial charge is 0.366 e. The van der Waals surface area contributed by atoms with E-state index in [4.69, 9.17) is 11.6 Å². The summed E-state index contributed by atoms with van der Waals surface area (Å²) in [6, 6.07) is 4.93.